The SMILES string of the molecule is CC12CCC(C1)C(C)(C)C2NS(=O)(=O)c1ccnc(N)c1. The number of hydrogen-bond acceptors (Lipinski definition) is 4. The van der Waals surface area contributed by atoms with E-state index in [2.05, 4.69) is 30.5 Å². The maximum atomic E-state index is 12.7. The van der Waals surface area contributed by atoms with Gasteiger partial charge in [0.1, 0.15) is 5.82 Å². The van der Waals surface area contributed by atoms with E-state index >= 15 is 0 Å². The Hall–Kier alpha value is -1.14. The fourth-order valence-electron chi connectivity index (χ4n) is 4.41. The molecule has 21 heavy (non-hydrogen) atoms. The van der Waals surface area contributed by atoms with Crippen LogP contribution in [0.4, 0.5) is 5.82 Å². The fourth-order valence-corrected chi connectivity index (χ4v) is 5.96. The average molecular weight is 309 g/mol. The second kappa shape index (κ2) is 4.43. The molecule has 1 aromatic heterocycles. The van der Waals surface area contributed by atoms with E-state index in [0.29, 0.717) is 5.92 Å². The summed E-state index contributed by atoms with van der Waals surface area (Å²) >= 11 is 0. The zero-order valence-corrected chi connectivity index (χ0v) is 13.6. The molecule has 116 valence electrons. The number of aromatic nitrogens is 1. The van der Waals surface area contributed by atoms with Gasteiger partial charge in [-0.1, -0.05) is 20.8 Å². The van der Waals surface area contributed by atoms with Crippen molar-refractivity contribution >= 4 is 15.8 Å². The predicted octanol–water partition coefficient (Wildman–Crippen LogP) is 2.16. The third-order valence-electron chi connectivity index (χ3n) is 5.61. The van der Waals surface area contributed by atoms with Crippen molar-refractivity contribution in [3.63, 3.8) is 0 Å². The lowest BCUT2D eigenvalue weighted by atomic mass is 9.69. The summed E-state index contributed by atoms with van der Waals surface area (Å²) in [5.41, 5.74) is 5.64. The van der Waals surface area contributed by atoms with Crippen molar-refractivity contribution in [1.29, 1.82) is 0 Å². The largest absolute Gasteiger partial charge is 0.384 e. The Balaban J connectivity index is 1.93. The van der Waals surface area contributed by atoms with E-state index in [1.807, 2.05) is 0 Å². The molecule has 0 aliphatic heterocycles. The molecule has 5 nitrogen and oxygen atoms in total. The quantitative estimate of drug-likeness (QED) is 0.896. The van der Waals surface area contributed by atoms with Crippen LogP contribution in [0.15, 0.2) is 23.2 Å². The van der Waals surface area contributed by atoms with Crippen LogP contribution < -0.4 is 10.5 Å². The summed E-state index contributed by atoms with van der Waals surface area (Å²) in [6.07, 6.45) is 4.82. The van der Waals surface area contributed by atoms with E-state index in [1.165, 1.54) is 24.8 Å². The Kier molecular flexibility index (Phi) is 3.12. The highest BCUT2D eigenvalue weighted by Crippen LogP contribution is 2.62. The lowest BCUT2D eigenvalue weighted by molar-refractivity contribution is 0.127. The predicted molar refractivity (Wildman–Crippen MR) is 82.0 cm³/mol. The van der Waals surface area contributed by atoms with Crippen molar-refractivity contribution in [3.05, 3.63) is 18.3 Å². The molecule has 2 bridgehead atoms. The summed E-state index contributed by atoms with van der Waals surface area (Å²) in [5.74, 6) is 0.814. The van der Waals surface area contributed by atoms with Crippen molar-refractivity contribution in [2.45, 2.75) is 51.0 Å². The van der Waals surface area contributed by atoms with Crippen LogP contribution in [0.1, 0.15) is 40.0 Å². The second-order valence-corrected chi connectivity index (χ2v) is 9.10. The van der Waals surface area contributed by atoms with Crippen molar-refractivity contribution in [2.24, 2.45) is 16.7 Å². The van der Waals surface area contributed by atoms with E-state index < -0.39 is 10.0 Å². The van der Waals surface area contributed by atoms with Gasteiger partial charge in [-0.3, -0.25) is 0 Å². The van der Waals surface area contributed by atoms with Gasteiger partial charge >= 0.3 is 0 Å². The molecule has 2 saturated carbocycles. The normalized spacial score (nSPS) is 34.2. The van der Waals surface area contributed by atoms with Gasteiger partial charge in [0.2, 0.25) is 10.0 Å². The summed E-state index contributed by atoms with van der Waals surface area (Å²) in [6, 6.07) is 2.86. The molecular formula is C15H23N3O2S. The molecule has 6 heteroatoms. The minimum Gasteiger partial charge on any atom is -0.384 e. The van der Waals surface area contributed by atoms with E-state index in [4.69, 9.17) is 5.73 Å². The number of nitrogen functional groups attached to an aromatic ring is 1. The molecule has 3 unspecified atom stereocenters. The summed E-state index contributed by atoms with van der Waals surface area (Å²) in [6.45, 7) is 6.56. The van der Waals surface area contributed by atoms with Crippen LogP contribution in [0.2, 0.25) is 0 Å². The van der Waals surface area contributed by atoms with E-state index in [-0.39, 0.29) is 27.6 Å². The van der Waals surface area contributed by atoms with Gasteiger partial charge in [0.05, 0.1) is 4.90 Å². The number of pyridine rings is 1. The van der Waals surface area contributed by atoms with Gasteiger partial charge < -0.3 is 5.73 Å². The third-order valence-corrected chi connectivity index (χ3v) is 7.03. The maximum Gasteiger partial charge on any atom is 0.241 e. The van der Waals surface area contributed by atoms with Gasteiger partial charge in [-0.05, 0) is 42.1 Å². The van der Waals surface area contributed by atoms with Gasteiger partial charge in [0.15, 0.2) is 0 Å². The van der Waals surface area contributed by atoms with Gasteiger partial charge in [-0.25, -0.2) is 18.1 Å². The van der Waals surface area contributed by atoms with Gasteiger partial charge in [-0.15, -0.1) is 0 Å². The van der Waals surface area contributed by atoms with Crippen molar-refractivity contribution < 1.29 is 8.42 Å². The number of nitrogens with one attached hydrogen (secondary N) is 1. The Bertz CT molecular complexity index is 666. The summed E-state index contributed by atoms with van der Waals surface area (Å²) in [5, 5.41) is 0. The number of rotatable bonds is 3. The molecule has 2 aliphatic rings. The van der Waals surface area contributed by atoms with Crippen molar-refractivity contribution in [2.75, 3.05) is 5.73 Å². The Morgan fingerprint density at radius 2 is 2.10 bits per heavy atom. The van der Waals surface area contributed by atoms with Crippen LogP contribution in [0.25, 0.3) is 0 Å². The molecule has 0 radical (unpaired) electrons. The zero-order valence-electron chi connectivity index (χ0n) is 12.8. The number of sulfonamides is 1. The molecule has 0 saturated heterocycles. The number of nitrogens with two attached hydrogens (primary N) is 1. The molecule has 0 amide bonds. The lowest BCUT2D eigenvalue weighted by Crippen LogP contribution is -2.52. The van der Waals surface area contributed by atoms with Crippen LogP contribution in [0.3, 0.4) is 0 Å². The molecular weight excluding hydrogens is 286 g/mol. The summed E-state index contributed by atoms with van der Waals surface area (Å²) in [7, 11) is -3.57. The third kappa shape index (κ3) is 2.25. The summed E-state index contributed by atoms with van der Waals surface area (Å²) in [4.78, 5) is 4.04. The smallest absolute Gasteiger partial charge is 0.241 e. The first kappa shape index (κ1) is 14.8. The Labute approximate surface area is 126 Å². The number of fused-ring (bicyclic) bond motifs is 2. The average Bonchev–Trinajstić information content (AvgIpc) is 2.86. The first-order valence-electron chi connectivity index (χ1n) is 7.39. The van der Waals surface area contributed by atoms with Crippen LogP contribution in [0, 0.1) is 16.7 Å². The number of nitrogens with zero attached hydrogens (tertiary/aromatic N) is 1. The van der Waals surface area contributed by atoms with Crippen LogP contribution >= 0.6 is 0 Å². The Morgan fingerprint density at radius 1 is 1.38 bits per heavy atom. The van der Waals surface area contributed by atoms with Gasteiger partial charge in [0.25, 0.3) is 0 Å². The molecule has 0 aromatic carbocycles. The highest BCUT2D eigenvalue weighted by atomic mass is 32.2. The van der Waals surface area contributed by atoms with E-state index in [9.17, 15) is 8.42 Å². The van der Waals surface area contributed by atoms with Gasteiger partial charge in [0, 0.05) is 18.3 Å². The second-order valence-electron chi connectivity index (χ2n) is 7.39. The maximum absolute atomic E-state index is 12.7. The first-order valence-corrected chi connectivity index (χ1v) is 8.87. The van der Waals surface area contributed by atoms with Gasteiger partial charge in [-0.2, -0.15) is 0 Å². The number of hydrogen-bond donors (Lipinski definition) is 2. The molecule has 3 rings (SSSR count). The minimum absolute atomic E-state index is 0.0152. The molecule has 2 fully saturated rings. The number of anilines is 1. The molecule has 3 atom stereocenters. The zero-order chi connectivity index (χ0) is 15.5. The van der Waals surface area contributed by atoms with E-state index in [0.717, 1.165) is 12.8 Å². The topological polar surface area (TPSA) is 85.1 Å². The summed E-state index contributed by atoms with van der Waals surface area (Å²) < 4.78 is 28.3. The standard InChI is InChI=1S/C15H23N3O2S/c1-14(2)10-4-6-15(3,9-10)13(14)18-21(19,20)11-5-7-17-12(16)8-11/h5,7-8,10,13,18H,4,6,9H2,1-3H3,(H2,16,17). The monoisotopic (exact) mass is 309 g/mol. The Morgan fingerprint density at radius 3 is 2.67 bits per heavy atom. The van der Waals surface area contributed by atoms with Crippen LogP contribution in [-0.4, -0.2) is 19.4 Å². The van der Waals surface area contributed by atoms with Crippen LogP contribution in [-0.2, 0) is 10.0 Å². The molecule has 1 aromatic rings. The first-order chi connectivity index (χ1) is 9.65. The minimum atomic E-state index is -3.57. The molecule has 3 N–H and O–H groups in total. The highest BCUT2D eigenvalue weighted by Gasteiger charge is 2.60. The van der Waals surface area contributed by atoms with Crippen molar-refractivity contribution in [3.8, 4) is 0 Å². The van der Waals surface area contributed by atoms with Crippen LogP contribution in [0.5, 0.6) is 0 Å². The molecule has 0 spiro atoms. The van der Waals surface area contributed by atoms with Crippen molar-refractivity contribution in [1.82, 2.24) is 9.71 Å². The lowest BCUT2D eigenvalue weighted by Gasteiger charge is -2.42. The fraction of sp³-hybridized carbons (Fsp3) is 0.667. The molecule has 2 aliphatic carbocycles. The molecule has 1 heterocycles. The van der Waals surface area contributed by atoms with E-state index in [1.54, 1.807) is 0 Å². The highest BCUT2D eigenvalue weighted by molar-refractivity contribution is 7.89.